The first-order valence-corrected chi connectivity index (χ1v) is 10.9. The number of thiophene rings is 1. The number of nitrogens with zero attached hydrogens (tertiary/aromatic N) is 2. The van der Waals surface area contributed by atoms with Crippen LogP contribution in [0.3, 0.4) is 0 Å². The first kappa shape index (κ1) is 19.2. The number of aromatic amines is 1. The van der Waals surface area contributed by atoms with E-state index < -0.39 is 0 Å². The minimum absolute atomic E-state index is 0.0232. The third kappa shape index (κ3) is 3.71. The van der Waals surface area contributed by atoms with E-state index in [0.717, 1.165) is 31.2 Å². The van der Waals surface area contributed by atoms with Gasteiger partial charge in [0, 0.05) is 21.8 Å². The number of H-pyrrole nitrogens is 1. The number of halogens is 1. The lowest BCUT2D eigenvalue weighted by Crippen LogP contribution is -2.33. The number of hydrogen-bond donors (Lipinski definition) is 1. The van der Waals surface area contributed by atoms with Gasteiger partial charge < -0.3 is 9.88 Å². The van der Waals surface area contributed by atoms with Gasteiger partial charge in [0.1, 0.15) is 5.82 Å². The molecule has 1 aliphatic rings. The zero-order valence-electron chi connectivity index (χ0n) is 15.8. The minimum atomic E-state index is -0.214. The van der Waals surface area contributed by atoms with Crippen LogP contribution in [0, 0.1) is 0 Å². The van der Waals surface area contributed by atoms with E-state index in [0.29, 0.717) is 28.3 Å². The number of benzene rings is 1. The van der Waals surface area contributed by atoms with Gasteiger partial charge in [-0.1, -0.05) is 18.5 Å². The predicted molar refractivity (Wildman–Crippen MR) is 113 cm³/mol. The number of aromatic nitrogens is 2. The van der Waals surface area contributed by atoms with E-state index in [-0.39, 0.29) is 18.0 Å². The van der Waals surface area contributed by atoms with Crippen LogP contribution in [-0.2, 0) is 19.4 Å². The predicted octanol–water partition coefficient (Wildman–Crippen LogP) is 4.57. The molecule has 2 aromatic heterocycles. The van der Waals surface area contributed by atoms with Crippen molar-refractivity contribution in [3.05, 3.63) is 60.8 Å². The van der Waals surface area contributed by atoms with Crippen LogP contribution in [-0.4, -0.2) is 27.3 Å². The molecular formula is C21H22ClN3O2S. The monoisotopic (exact) mass is 415 g/mol. The van der Waals surface area contributed by atoms with Crippen LogP contribution in [0.1, 0.15) is 52.8 Å². The van der Waals surface area contributed by atoms with Gasteiger partial charge in [-0.25, -0.2) is 4.98 Å². The Morgan fingerprint density at radius 1 is 1.32 bits per heavy atom. The van der Waals surface area contributed by atoms with E-state index in [1.807, 2.05) is 12.3 Å². The van der Waals surface area contributed by atoms with Crippen LogP contribution in [0.4, 0.5) is 0 Å². The first-order valence-electron chi connectivity index (χ1n) is 9.63. The molecule has 0 spiro atoms. The highest BCUT2D eigenvalue weighted by Gasteiger charge is 2.24. The molecule has 1 amide bonds. The smallest absolute Gasteiger partial charge is 0.258 e. The molecule has 28 heavy (non-hydrogen) atoms. The molecule has 146 valence electrons. The fraction of sp³-hybridized carbons (Fsp3) is 0.381. The fourth-order valence-electron chi connectivity index (χ4n) is 3.78. The van der Waals surface area contributed by atoms with Gasteiger partial charge in [-0.05, 0) is 55.9 Å². The summed E-state index contributed by atoms with van der Waals surface area (Å²) in [6, 6.07) is 5.02. The van der Waals surface area contributed by atoms with Gasteiger partial charge in [0.05, 0.1) is 23.0 Å². The summed E-state index contributed by atoms with van der Waals surface area (Å²) < 4.78 is 0. The summed E-state index contributed by atoms with van der Waals surface area (Å²) in [4.78, 5) is 36.2. The van der Waals surface area contributed by atoms with Crippen molar-refractivity contribution < 1.29 is 4.79 Å². The molecule has 0 unspecified atom stereocenters. The van der Waals surface area contributed by atoms with E-state index in [1.54, 1.807) is 34.4 Å². The van der Waals surface area contributed by atoms with Crippen molar-refractivity contribution in [1.82, 2.24) is 14.9 Å². The molecule has 1 N–H and O–H groups in total. The zero-order chi connectivity index (χ0) is 19.7. The van der Waals surface area contributed by atoms with Gasteiger partial charge >= 0.3 is 0 Å². The molecule has 0 fully saturated rings. The zero-order valence-corrected chi connectivity index (χ0v) is 17.3. The maximum Gasteiger partial charge on any atom is 0.258 e. The van der Waals surface area contributed by atoms with Crippen molar-refractivity contribution in [3.8, 4) is 0 Å². The van der Waals surface area contributed by atoms with Crippen molar-refractivity contribution in [1.29, 1.82) is 0 Å². The Morgan fingerprint density at radius 2 is 2.14 bits per heavy atom. The van der Waals surface area contributed by atoms with Crippen LogP contribution in [0.2, 0.25) is 5.02 Å². The maximum absolute atomic E-state index is 13.3. The van der Waals surface area contributed by atoms with Crippen LogP contribution in [0.5, 0.6) is 0 Å². The average molecular weight is 416 g/mol. The van der Waals surface area contributed by atoms with E-state index in [9.17, 15) is 9.59 Å². The second-order valence-electron chi connectivity index (χ2n) is 7.16. The molecule has 1 aliphatic carbocycles. The summed E-state index contributed by atoms with van der Waals surface area (Å²) in [6.45, 7) is 2.93. The Hall–Kier alpha value is -2.18. The second-order valence-corrected chi connectivity index (χ2v) is 8.56. The molecular weight excluding hydrogens is 394 g/mol. The van der Waals surface area contributed by atoms with Crippen molar-refractivity contribution in [2.75, 3.05) is 6.54 Å². The molecule has 1 aromatic carbocycles. The van der Waals surface area contributed by atoms with Crippen LogP contribution in [0.15, 0.2) is 28.4 Å². The quantitative estimate of drug-likeness (QED) is 0.663. The number of nitrogens with one attached hydrogen (secondary N) is 1. The van der Waals surface area contributed by atoms with E-state index in [1.165, 1.54) is 16.9 Å². The number of carbonyl (C=O) groups is 1. The van der Waals surface area contributed by atoms with Crippen LogP contribution < -0.4 is 5.56 Å². The summed E-state index contributed by atoms with van der Waals surface area (Å²) in [7, 11) is 0. The summed E-state index contributed by atoms with van der Waals surface area (Å²) in [6.07, 6.45) is 5.22. The SMILES string of the molecule is CCCN(Cc1nc2cc(Cl)ccc2c(=O)[nH]1)C(=O)c1csc2c1CCCC2. The largest absolute Gasteiger partial charge is 0.331 e. The molecule has 4 rings (SSSR count). The standard InChI is InChI=1S/C21H22ClN3O2S/c1-2-9-25(21(27)16-12-28-18-6-4-3-5-14(16)18)11-19-23-17-10-13(22)7-8-15(17)20(26)24-19/h7-8,10,12H,2-6,9,11H2,1H3,(H,23,24,26). The lowest BCUT2D eigenvalue weighted by atomic mass is 9.95. The van der Waals surface area contributed by atoms with E-state index >= 15 is 0 Å². The molecule has 7 heteroatoms. The highest BCUT2D eigenvalue weighted by atomic mass is 35.5. The van der Waals surface area contributed by atoms with Crippen molar-refractivity contribution in [3.63, 3.8) is 0 Å². The molecule has 5 nitrogen and oxygen atoms in total. The van der Waals surface area contributed by atoms with Gasteiger partial charge in [-0.3, -0.25) is 9.59 Å². The number of carbonyl (C=O) groups excluding carboxylic acids is 1. The third-order valence-corrected chi connectivity index (χ3v) is 6.45. The van der Waals surface area contributed by atoms with Gasteiger partial charge in [0.15, 0.2) is 0 Å². The lowest BCUT2D eigenvalue weighted by Gasteiger charge is -2.23. The van der Waals surface area contributed by atoms with Crippen LogP contribution in [0.25, 0.3) is 10.9 Å². The molecule has 0 radical (unpaired) electrons. The Bertz CT molecular complexity index is 1090. The summed E-state index contributed by atoms with van der Waals surface area (Å²) in [5, 5.41) is 3.02. The molecule has 3 aromatic rings. The Labute approximate surface area is 172 Å². The van der Waals surface area contributed by atoms with Gasteiger partial charge in [-0.2, -0.15) is 0 Å². The highest BCUT2D eigenvalue weighted by molar-refractivity contribution is 7.10. The van der Waals surface area contributed by atoms with Crippen LogP contribution >= 0.6 is 22.9 Å². The van der Waals surface area contributed by atoms with Gasteiger partial charge in [0.2, 0.25) is 0 Å². The number of amides is 1. The first-order chi connectivity index (χ1) is 13.6. The fourth-order valence-corrected chi connectivity index (χ4v) is 5.07. The molecule has 0 saturated carbocycles. The summed E-state index contributed by atoms with van der Waals surface area (Å²) >= 11 is 7.74. The number of rotatable bonds is 5. The Kier molecular flexibility index (Phi) is 5.51. The topological polar surface area (TPSA) is 66.1 Å². The average Bonchev–Trinajstić information content (AvgIpc) is 3.11. The normalized spacial score (nSPS) is 13.5. The molecule has 0 saturated heterocycles. The summed E-state index contributed by atoms with van der Waals surface area (Å²) in [5.74, 6) is 0.501. The lowest BCUT2D eigenvalue weighted by molar-refractivity contribution is 0.0738. The molecule has 2 heterocycles. The van der Waals surface area contributed by atoms with Crippen molar-refractivity contribution >= 4 is 39.7 Å². The van der Waals surface area contributed by atoms with Gasteiger partial charge in [-0.15, -0.1) is 11.3 Å². The van der Waals surface area contributed by atoms with Gasteiger partial charge in [0.25, 0.3) is 11.5 Å². The number of aryl methyl sites for hydroxylation is 1. The van der Waals surface area contributed by atoms with Crippen molar-refractivity contribution in [2.45, 2.75) is 45.6 Å². The molecule has 0 aliphatic heterocycles. The maximum atomic E-state index is 13.3. The number of fused-ring (bicyclic) bond motifs is 2. The Morgan fingerprint density at radius 3 is 2.96 bits per heavy atom. The molecule has 0 bridgehead atoms. The minimum Gasteiger partial charge on any atom is -0.331 e. The number of hydrogen-bond acceptors (Lipinski definition) is 4. The van der Waals surface area contributed by atoms with Crippen molar-refractivity contribution in [2.24, 2.45) is 0 Å². The van der Waals surface area contributed by atoms with E-state index in [4.69, 9.17) is 11.6 Å². The van der Waals surface area contributed by atoms with E-state index in [2.05, 4.69) is 9.97 Å². The molecule has 0 atom stereocenters. The second kappa shape index (κ2) is 8.05. The third-order valence-electron chi connectivity index (χ3n) is 5.13. The Balaban J connectivity index is 1.65. The highest BCUT2D eigenvalue weighted by Crippen LogP contribution is 2.31. The summed E-state index contributed by atoms with van der Waals surface area (Å²) in [5.41, 5.74) is 2.37.